The quantitative estimate of drug-likeness (QED) is 0.604. The Labute approximate surface area is 79.9 Å². The highest BCUT2D eigenvalue weighted by atomic mass is 35.5. The van der Waals surface area contributed by atoms with E-state index in [1.54, 1.807) is 0 Å². The van der Waals surface area contributed by atoms with Crippen LogP contribution in [0, 0.1) is 0 Å². The number of hydrogen-bond donors (Lipinski definition) is 0. The lowest BCUT2D eigenvalue weighted by molar-refractivity contribution is 1.50. The summed E-state index contributed by atoms with van der Waals surface area (Å²) in [7, 11) is 0. The Morgan fingerprint density at radius 1 is 1.17 bits per heavy atom. The monoisotopic (exact) mass is 182 g/mol. The van der Waals surface area contributed by atoms with Crippen molar-refractivity contribution in [3.05, 3.63) is 40.9 Å². The third-order valence-electron chi connectivity index (χ3n) is 1.25. The van der Waals surface area contributed by atoms with Gasteiger partial charge in [-0.3, -0.25) is 0 Å². The lowest BCUT2D eigenvalue weighted by atomic mass is 10.2. The lowest BCUT2D eigenvalue weighted by Gasteiger charge is -1.93. The van der Waals surface area contributed by atoms with E-state index in [9.17, 15) is 0 Å². The molecule has 1 aromatic carbocycles. The zero-order valence-electron chi connectivity index (χ0n) is 7.84. The molecule has 0 atom stereocenters. The molecule has 0 N–H and O–H groups in total. The van der Waals surface area contributed by atoms with Gasteiger partial charge in [0.15, 0.2) is 0 Å². The molecule has 0 heterocycles. The minimum Gasteiger partial charge on any atom is -0.0870 e. The molecular weight excluding hydrogens is 168 g/mol. The minimum atomic E-state index is 0.806. The SMILES string of the molecule is C/C=C/c1ccccc1Cl.CC. The fourth-order valence-electron chi connectivity index (χ4n) is 0.790. The van der Waals surface area contributed by atoms with Crippen molar-refractivity contribution in [1.82, 2.24) is 0 Å². The van der Waals surface area contributed by atoms with Gasteiger partial charge < -0.3 is 0 Å². The molecular formula is C11H15Cl. The molecule has 1 rings (SSSR count). The van der Waals surface area contributed by atoms with Crippen molar-refractivity contribution in [2.45, 2.75) is 20.8 Å². The van der Waals surface area contributed by atoms with Gasteiger partial charge >= 0.3 is 0 Å². The molecule has 0 amide bonds. The second kappa shape index (κ2) is 6.93. The average molecular weight is 183 g/mol. The van der Waals surface area contributed by atoms with Gasteiger partial charge in [-0.15, -0.1) is 0 Å². The second-order valence-electron chi connectivity index (χ2n) is 2.02. The van der Waals surface area contributed by atoms with Gasteiger partial charge in [0.05, 0.1) is 0 Å². The highest BCUT2D eigenvalue weighted by Crippen LogP contribution is 2.15. The van der Waals surface area contributed by atoms with Crippen LogP contribution in [0.15, 0.2) is 30.3 Å². The molecule has 0 fully saturated rings. The summed E-state index contributed by atoms with van der Waals surface area (Å²) in [4.78, 5) is 0. The predicted molar refractivity (Wildman–Crippen MR) is 57.5 cm³/mol. The Morgan fingerprint density at radius 3 is 2.25 bits per heavy atom. The van der Waals surface area contributed by atoms with Crippen LogP contribution in [0.3, 0.4) is 0 Å². The van der Waals surface area contributed by atoms with E-state index < -0.39 is 0 Å². The zero-order valence-corrected chi connectivity index (χ0v) is 8.60. The summed E-state index contributed by atoms with van der Waals surface area (Å²) in [6.07, 6.45) is 3.96. The van der Waals surface area contributed by atoms with Crippen LogP contribution in [0.4, 0.5) is 0 Å². The topological polar surface area (TPSA) is 0 Å². The summed E-state index contributed by atoms with van der Waals surface area (Å²) in [5, 5.41) is 0.806. The number of allylic oxidation sites excluding steroid dienone is 1. The molecule has 0 nitrogen and oxygen atoms in total. The van der Waals surface area contributed by atoms with Gasteiger partial charge in [0.1, 0.15) is 0 Å². The van der Waals surface area contributed by atoms with Crippen LogP contribution < -0.4 is 0 Å². The third kappa shape index (κ3) is 3.59. The van der Waals surface area contributed by atoms with E-state index in [-0.39, 0.29) is 0 Å². The maximum absolute atomic E-state index is 5.85. The van der Waals surface area contributed by atoms with Crippen LogP contribution in [0.25, 0.3) is 6.08 Å². The Hall–Kier alpha value is -0.750. The normalized spacial score (nSPS) is 9.33. The first-order chi connectivity index (χ1) is 5.84. The van der Waals surface area contributed by atoms with E-state index in [1.165, 1.54) is 0 Å². The summed E-state index contributed by atoms with van der Waals surface area (Å²) < 4.78 is 0. The van der Waals surface area contributed by atoms with Crippen LogP contribution in [0.1, 0.15) is 26.3 Å². The van der Waals surface area contributed by atoms with Gasteiger partial charge in [0.2, 0.25) is 0 Å². The highest BCUT2D eigenvalue weighted by molar-refractivity contribution is 6.32. The van der Waals surface area contributed by atoms with Gasteiger partial charge in [0, 0.05) is 5.02 Å². The summed E-state index contributed by atoms with van der Waals surface area (Å²) in [5.74, 6) is 0. The number of rotatable bonds is 1. The van der Waals surface area contributed by atoms with Crippen LogP contribution >= 0.6 is 11.6 Å². The van der Waals surface area contributed by atoms with Crippen molar-refractivity contribution >= 4 is 17.7 Å². The predicted octanol–water partition coefficient (Wildman–Crippen LogP) is 4.40. The smallest absolute Gasteiger partial charge is 0.0478 e. The van der Waals surface area contributed by atoms with Gasteiger partial charge in [-0.05, 0) is 18.6 Å². The molecule has 0 saturated carbocycles. The average Bonchev–Trinajstić information content (AvgIpc) is 2.13. The molecule has 66 valence electrons. The van der Waals surface area contributed by atoms with Crippen LogP contribution in [0.2, 0.25) is 5.02 Å². The van der Waals surface area contributed by atoms with Crippen molar-refractivity contribution in [1.29, 1.82) is 0 Å². The first-order valence-corrected chi connectivity index (χ1v) is 4.59. The number of halogens is 1. The van der Waals surface area contributed by atoms with E-state index in [0.29, 0.717) is 0 Å². The van der Waals surface area contributed by atoms with Gasteiger partial charge in [-0.2, -0.15) is 0 Å². The number of hydrogen-bond acceptors (Lipinski definition) is 0. The molecule has 1 aromatic rings. The first kappa shape index (κ1) is 11.2. The summed E-state index contributed by atoms with van der Waals surface area (Å²) in [6, 6.07) is 7.77. The Kier molecular flexibility index (Phi) is 6.50. The Bertz CT molecular complexity index is 239. The molecule has 0 radical (unpaired) electrons. The van der Waals surface area contributed by atoms with E-state index in [2.05, 4.69) is 0 Å². The largest absolute Gasteiger partial charge is 0.0870 e. The fourth-order valence-corrected chi connectivity index (χ4v) is 0.989. The zero-order chi connectivity index (χ0) is 9.40. The van der Waals surface area contributed by atoms with Gasteiger partial charge in [0.25, 0.3) is 0 Å². The van der Waals surface area contributed by atoms with Crippen LogP contribution in [0.5, 0.6) is 0 Å². The molecule has 0 spiro atoms. The van der Waals surface area contributed by atoms with Gasteiger partial charge in [-0.1, -0.05) is 55.8 Å². The molecule has 0 saturated heterocycles. The molecule has 0 aliphatic rings. The summed E-state index contributed by atoms with van der Waals surface area (Å²) >= 11 is 5.85. The Morgan fingerprint density at radius 2 is 1.75 bits per heavy atom. The van der Waals surface area contributed by atoms with Crippen LogP contribution in [-0.2, 0) is 0 Å². The lowest BCUT2D eigenvalue weighted by Crippen LogP contribution is -1.70. The third-order valence-corrected chi connectivity index (χ3v) is 1.60. The maximum Gasteiger partial charge on any atom is 0.0478 e. The van der Waals surface area contributed by atoms with Crippen molar-refractivity contribution in [2.75, 3.05) is 0 Å². The molecule has 0 unspecified atom stereocenters. The van der Waals surface area contributed by atoms with Crippen molar-refractivity contribution < 1.29 is 0 Å². The Balaban J connectivity index is 0.000000561. The van der Waals surface area contributed by atoms with E-state index in [0.717, 1.165) is 10.6 Å². The molecule has 0 aromatic heterocycles. The van der Waals surface area contributed by atoms with E-state index in [1.807, 2.05) is 57.2 Å². The second-order valence-corrected chi connectivity index (χ2v) is 2.43. The van der Waals surface area contributed by atoms with Crippen molar-refractivity contribution in [3.8, 4) is 0 Å². The van der Waals surface area contributed by atoms with Crippen molar-refractivity contribution in [3.63, 3.8) is 0 Å². The van der Waals surface area contributed by atoms with Gasteiger partial charge in [-0.25, -0.2) is 0 Å². The molecule has 0 aliphatic heterocycles. The summed E-state index contributed by atoms with van der Waals surface area (Å²) in [5.41, 5.74) is 1.08. The molecule has 0 aliphatic carbocycles. The molecule has 1 heteroatoms. The summed E-state index contributed by atoms with van der Waals surface area (Å²) in [6.45, 7) is 5.98. The first-order valence-electron chi connectivity index (χ1n) is 4.22. The standard InChI is InChI=1S/C9H9Cl.C2H6/c1-2-5-8-6-3-4-7-9(8)10;1-2/h2-7H,1H3;1-2H3/b5-2+;. The number of benzene rings is 1. The van der Waals surface area contributed by atoms with Crippen molar-refractivity contribution in [2.24, 2.45) is 0 Å². The minimum absolute atomic E-state index is 0.806. The molecule has 0 bridgehead atoms. The van der Waals surface area contributed by atoms with E-state index >= 15 is 0 Å². The molecule has 12 heavy (non-hydrogen) atoms. The highest BCUT2D eigenvalue weighted by Gasteiger charge is 1.90. The maximum atomic E-state index is 5.85. The van der Waals surface area contributed by atoms with Crippen LogP contribution in [-0.4, -0.2) is 0 Å². The van der Waals surface area contributed by atoms with E-state index in [4.69, 9.17) is 11.6 Å². The fraction of sp³-hybridized carbons (Fsp3) is 0.273.